The molecule has 6 nitrogen and oxygen atoms in total. The smallest absolute Gasteiger partial charge is 0.416 e. The third-order valence-electron chi connectivity index (χ3n) is 4.05. The number of aromatic nitrogens is 3. The molecule has 0 saturated carbocycles. The van der Waals surface area contributed by atoms with Gasteiger partial charge in [0.15, 0.2) is 0 Å². The van der Waals surface area contributed by atoms with E-state index >= 15 is 0 Å². The van der Waals surface area contributed by atoms with Crippen LogP contribution in [0.2, 0.25) is 0 Å². The van der Waals surface area contributed by atoms with Crippen LogP contribution in [0.1, 0.15) is 34.1 Å². The van der Waals surface area contributed by atoms with E-state index in [2.05, 4.69) is 20.5 Å². The molecule has 3 aromatic rings. The highest BCUT2D eigenvalue weighted by Gasteiger charge is 2.29. The predicted octanol–water partition coefficient (Wildman–Crippen LogP) is 3.83. The molecule has 1 aliphatic heterocycles. The van der Waals surface area contributed by atoms with Gasteiger partial charge in [0.1, 0.15) is 11.4 Å². The Morgan fingerprint density at radius 1 is 1.03 bits per heavy atom. The van der Waals surface area contributed by atoms with Crippen LogP contribution in [-0.2, 0) is 6.18 Å². The summed E-state index contributed by atoms with van der Waals surface area (Å²) in [5.74, 6) is 0.547. The van der Waals surface area contributed by atoms with Gasteiger partial charge in [0.25, 0.3) is 5.91 Å². The van der Waals surface area contributed by atoms with Gasteiger partial charge in [-0.15, -0.1) is 0 Å². The molecule has 1 atom stereocenters. The predicted molar refractivity (Wildman–Crippen MR) is 98.0 cm³/mol. The SMILES string of the molecule is FC(F)(F)c1ccccc1.O=C(NC1CCOc2cccnc21)c1ccnnc1. The van der Waals surface area contributed by atoms with E-state index in [1.807, 2.05) is 12.1 Å². The molecule has 9 heteroatoms. The van der Waals surface area contributed by atoms with Crippen molar-refractivity contribution in [3.05, 3.63) is 83.9 Å². The molecule has 3 heterocycles. The second kappa shape index (κ2) is 9.13. The van der Waals surface area contributed by atoms with Crippen LogP contribution in [0.15, 0.2) is 67.1 Å². The summed E-state index contributed by atoms with van der Waals surface area (Å²) in [5, 5.41) is 10.3. The van der Waals surface area contributed by atoms with Gasteiger partial charge in [-0.3, -0.25) is 9.78 Å². The number of alkyl halides is 3. The van der Waals surface area contributed by atoms with E-state index in [-0.39, 0.29) is 11.9 Å². The minimum Gasteiger partial charge on any atom is -0.491 e. The van der Waals surface area contributed by atoms with Crippen molar-refractivity contribution in [3.63, 3.8) is 0 Å². The van der Waals surface area contributed by atoms with Crippen LogP contribution in [0.25, 0.3) is 0 Å². The first kappa shape index (κ1) is 20.2. The van der Waals surface area contributed by atoms with Crippen molar-refractivity contribution < 1.29 is 22.7 Å². The number of carbonyl (C=O) groups excluding carboxylic acids is 1. The Morgan fingerprint density at radius 3 is 2.48 bits per heavy atom. The minimum atomic E-state index is -4.21. The molecular formula is C20H17F3N4O2. The van der Waals surface area contributed by atoms with Gasteiger partial charge in [-0.05, 0) is 18.2 Å². The quantitative estimate of drug-likeness (QED) is 0.705. The number of benzene rings is 1. The molecule has 0 bridgehead atoms. The van der Waals surface area contributed by atoms with E-state index < -0.39 is 11.7 Å². The summed E-state index contributed by atoms with van der Waals surface area (Å²) in [6.45, 7) is 0.568. The van der Waals surface area contributed by atoms with Gasteiger partial charge in [-0.1, -0.05) is 30.3 Å². The van der Waals surface area contributed by atoms with Crippen molar-refractivity contribution in [2.45, 2.75) is 18.6 Å². The molecule has 29 heavy (non-hydrogen) atoms. The number of hydrogen-bond acceptors (Lipinski definition) is 5. The molecule has 0 fully saturated rings. The fraction of sp³-hybridized carbons (Fsp3) is 0.200. The second-order valence-corrected chi connectivity index (χ2v) is 6.04. The summed E-state index contributed by atoms with van der Waals surface area (Å²) in [6, 6.07) is 11.5. The molecule has 0 radical (unpaired) electrons. The van der Waals surface area contributed by atoms with Crippen LogP contribution in [0.4, 0.5) is 13.2 Å². The maximum Gasteiger partial charge on any atom is 0.416 e. The van der Waals surface area contributed by atoms with E-state index in [9.17, 15) is 18.0 Å². The summed E-state index contributed by atoms with van der Waals surface area (Å²) in [5.41, 5.74) is 0.651. The Balaban J connectivity index is 0.000000204. The van der Waals surface area contributed by atoms with Gasteiger partial charge < -0.3 is 10.1 Å². The molecule has 2 aromatic heterocycles. The second-order valence-electron chi connectivity index (χ2n) is 6.04. The molecule has 0 spiro atoms. The zero-order valence-corrected chi connectivity index (χ0v) is 15.1. The highest BCUT2D eigenvalue weighted by Crippen LogP contribution is 2.30. The Labute approximate surface area is 164 Å². The normalized spacial score (nSPS) is 15.2. The van der Waals surface area contributed by atoms with Crippen molar-refractivity contribution in [3.8, 4) is 5.75 Å². The van der Waals surface area contributed by atoms with Crippen molar-refractivity contribution in [2.24, 2.45) is 0 Å². The van der Waals surface area contributed by atoms with Crippen LogP contribution in [0, 0.1) is 0 Å². The molecule has 4 rings (SSSR count). The van der Waals surface area contributed by atoms with E-state index in [1.54, 1.807) is 18.3 Å². The lowest BCUT2D eigenvalue weighted by Crippen LogP contribution is -2.32. The van der Waals surface area contributed by atoms with Gasteiger partial charge in [-0.2, -0.15) is 23.4 Å². The Hall–Kier alpha value is -3.49. The van der Waals surface area contributed by atoms with Crippen LogP contribution in [0.3, 0.4) is 0 Å². The molecule has 1 N–H and O–H groups in total. The number of nitrogens with one attached hydrogen (secondary N) is 1. The Kier molecular flexibility index (Phi) is 6.38. The number of rotatable bonds is 2. The van der Waals surface area contributed by atoms with E-state index in [4.69, 9.17) is 4.74 Å². The largest absolute Gasteiger partial charge is 0.491 e. The van der Waals surface area contributed by atoms with Crippen LogP contribution in [0.5, 0.6) is 5.75 Å². The van der Waals surface area contributed by atoms with Gasteiger partial charge >= 0.3 is 6.18 Å². The Morgan fingerprint density at radius 2 is 1.83 bits per heavy atom. The highest BCUT2D eigenvalue weighted by atomic mass is 19.4. The summed E-state index contributed by atoms with van der Waals surface area (Å²) in [6.07, 6.45) is 1.12. The number of carbonyl (C=O) groups is 1. The van der Waals surface area contributed by atoms with Gasteiger partial charge in [-0.25, -0.2) is 0 Å². The average Bonchev–Trinajstić information content (AvgIpc) is 2.75. The van der Waals surface area contributed by atoms with Crippen LogP contribution < -0.4 is 10.1 Å². The topological polar surface area (TPSA) is 77.0 Å². The standard InChI is InChI=1S/C13H12N4O2.C7H5F3/c18-13(9-3-6-15-16-8-9)17-10-4-7-19-11-2-1-5-14-12(10)11;8-7(9,10)6-4-2-1-3-5-6/h1-3,5-6,8,10H,4,7H2,(H,17,18);1-5H. The first-order valence-electron chi connectivity index (χ1n) is 8.72. The van der Waals surface area contributed by atoms with Gasteiger partial charge in [0, 0.05) is 12.6 Å². The molecule has 1 unspecified atom stereocenters. The fourth-order valence-electron chi connectivity index (χ4n) is 2.64. The number of nitrogens with zero attached hydrogens (tertiary/aromatic N) is 3. The summed E-state index contributed by atoms with van der Waals surface area (Å²) in [7, 11) is 0. The number of amides is 1. The number of pyridine rings is 1. The molecule has 1 amide bonds. The van der Waals surface area contributed by atoms with E-state index in [0.717, 1.165) is 23.6 Å². The maximum absolute atomic E-state index is 12.1. The molecule has 0 saturated heterocycles. The van der Waals surface area contributed by atoms with Gasteiger partial charge in [0.05, 0.1) is 36.2 Å². The number of hydrogen-bond donors (Lipinski definition) is 1. The summed E-state index contributed by atoms with van der Waals surface area (Å²) >= 11 is 0. The highest BCUT2D eigenvalue weighted by molar-refractivity contribution is 5.94. The monoisotopic (exact) mass is 402 g/mol. The number of fused-ring (bicyclic) bond motifs is 1. The molecule has 1 aliphatic rings. The Bertz CT molecular complexity index is 937. The van der Waals surface area contributed by atoms with Crippen molar-refractivity contribution in [1.82, 2.24) is 20.5 Å². The van der Waals surface area contributed by atoms with Crippen molar-refractivity contribution in [2.75, 3.05) is 6.61 Å². The van der Waals surface area contributed by atoms with Crippen molar-refractivity contribution in [1.29, 1.82) is 0 Å². The molecular weight excluding hydrogens is 385 g/mol. The lowest BCUT2D eigenvalue weighted by Gasteiger charge is -2.25. The lowest BCUT2D eigenvalue weighted by atomic mass is 10.1. The maximum atomic E-state index is 12.1. The lowest BCUT2D eigenvalue weighted by molar-refractivity contribution is -0.137. The number of halogens is 3. The average molecular weight is 402 g/mol. The zero-order chi connectivity index (χ0) is 20.7. The van der Waals surface area contributed by atoms with E-state index in [1.165, 1.54) is 24.5 Å². The third-order valence-corrected chi connectivity index (χ3v) is 4.05. The zero-order valence-electron chi connectivity index (χ0n) is 15.1. The first-order chi connectivity index (χ1) is 13.9. The fourth-order valence-corrected chi connectivity index (χ4v) is 2.64. The molecule has 0 aliphatic carbocycles. The van der Waals surface area contributed by atoms with Crippen LogP contribution in [-0.4, -0.2) is 27.7 Å². The van der Waals surface area contributed by atoms with Gasteiger partial charge in [0.2, 0.25) is 0 Å². The third kappa shape index (κ3) is 5.50. The van der Waals surface area contributed by atoms with E-state index in [0.29, 0.717) is 18.6 Å². The first-order valence-corrected chi connectivity index (χ1v) is 8.72. The summed E-state index contributed by atoms with van der Waals surface area (Å²) in [4.78, 5) is 16.4. The number of ether oxygens (including phenoxy) is 1. The molecule has 1 aromatic carbocycles. The minimum absolute atomic E-state index is 0.134. The molecule has 150 valence electrons. The summed E-state index contributed by atoms with van der Waals surface area (Å²) < 4.78 is 40.9. The van der Waals surface area contributed by atoms with Crippen LogP contribution >= 0.6 is 0 Å². The van der Waals surface area contributed by atoms with Crippen molar-refractivity contribution >= 4 is 5.91 Å².